The Labute approximate surface area is 180 Å². The number of aryl methyl sites for hydroxylation is 1. The predicted octanol–water partition coefficient (Wildman–Crippen LogP) is 4.02. The van der Waals surface area contributed by atoms with Crippen LogP contribution in [0.1, 0.15) is 32.1 Å². The Hall–Kier alpha value is -1.28. The topological polar surface area (TPSA) is 50.6 Å². The molecule has 0 atom stereocenters. The van der Waals surface area contributed by atoms with Gasteiger partial charge in [-0.2, -0.15) is 0 Å². The molecule has 5 nitrogen and oxygen atoms in total. The molecule has 0 unspecified atom stereocenters. The van der Waals surface area contributed by atoms with Crippen molar-refractivity contribution in [3.05, 3.63) is 36.5 Å². The van der Waals surface area contributed by atoms with Gasteiger partial charge < -0.3 is 19.9 Å². The lowest BCUT2D eigenvalue weighted by Crippen LogP contribution is -2.47. The molecule has 6 heteroatoms. The van der Waals surface area contributed by atoms with Crippen LogP contribution < -0.4 is 10.6 Å². The van der Waals surface area contributed by atoms with Gasteiger partial charge in [0, 0.05) is 52.1 Å². The first-order chi connectivity index (χ1) is 12.8. The van der Waals surface area contributed by atoms with Crippen molar-refractivity contribution in [2.45, 2.75) is 38.6 Å². The molecule has 0 spiro atoms. The lowest BCUT2D eigenvalue weighted by atomic mass is 9.67. The molecule has 3 rings (SSSR count). The minimum atomic E-state index is 0. The number of guanidine groups is 1. The van der Waals surface area contributed by atoms with E-state index < -0.39 is 0 Å². The van der Waals surface area contributed by atoms with Gasteiger partial charge in [-0.15, -0.1) is 24.0 Å². The molecule has 1 saturated carbocycles. The van der Waals surface area contributed by atoms with E-state index >= 15 is 0 Å². The third kappa shape index (κ3) is 5.85. The Morgan fingerprint density at radius 3 is 2.74 bits per heavy atom. The zero-order chi connectivity index (χ0) is 18.2. The fourth-order valence-corrected chi connectivity index (χ4v) is 3.79. The van der Waals surface area contributed by atoms with E-state index in [1.807, 2.05) is 7.05 Å². The second kappa shape index (κ2) is 10.9. The fourth-order valence-electron chi connectivity index (χ4n) is 3.79. The highest BCUT2D eigenvalue weighted by Crippen LogP contribution is 2.43. The van der Waals surface area contributed by atoms with Gasteiger partial charge in [0.15, 0.2) is 5.96 Å². The minimum absolute atomic E-state index is 0. The number of methoxy groups -OCH3 is 1. The van der Waals surface area contributed by atoms with Crippen LogP contribution in [-0.4, -0.2) is 44.4 Å². The van der Waals surface area contributed by atoms with Gasteiger partial charge in [-0.25, -0.2) is 0 Å². The number of para-hydroxylation sites is 1. The van der Waals surface area contributed by atoms with Crippen molar-refractivity contribution in [2.75, 3.05) is 33.9 Å². The van der Waals surface area contributed by atoms with Gasteiger partial charge in [-0.3, -0.25) is 4.99 Å². The van der Waals surface area contributed by atoms with Crippen molar-refractivity contribution >= 4 is 40.8 Å². The predicted molar refractivity (Wildman–Crippen MR) is 124 cm³/mol. The quantitative estimate of drug-likeness (QED) is 0.245. The highest BCUT2D eigenvalue weighted by Gasteiger charge is 2.36. The van der Waals surface area contributed by atoms with E-state index in [-0.39, 0.29) is 24.0 Å². The van der Waals surface area contributed by atoms with E-state index in [4.69, 9.17) is 4.74 Å². The molecule has 27 heavy (non-hydrogen) atoms. The summed E-state index contributed by atoms with van der Waals surface area (Å²) in [5, 5.41) is 8.28. The molecule has 1 fully saturated rings. The molecule has 1 heterocycles. The van der Waals surface area contributed by atoms with Crippen LogP contribution in [0.4, 0.5) is 0 Å². The van der Waals surface area contributed by atoms with Crippen LogP contribution in [0.25, 0.3) is 10.9 Å². The number of hydrogen-bond donors (Lipinski definition) is 2. The van der Waals surface area contributed by atoms with Gasteiger partial charge >= 0.3 is 0 Å². The Kier molecular flexibility index (Phi) is 8.89. The van der Waals surface area contributed by atoms with Crippen molar-refractivity contribution in [3.8, 4) is 0 Å². The lowest BCUT2D eigenvalue weighted by molar-refractivity contribution is 0.0732. The standard InChI is InChI=1S/C21H32N4O.HI/c1-22-20(24-17-21(10-5-11-21)12-16-26-2)23-13-6-14-25-15-9-18-7-3-4-8-19(18)25;/h3-4,7-9,15H,5-6,10-14,16-17H2,1-2H3,(H2,22,23,24);1H. The molecule has 0 saturated heterocycles. The number of hydrogen-bond acceptors (Lipinski definition) is 2. The largest absolute Gasteiger partial charge is 0.385 e. The fraction of sp³-hybridized carbons (Fsp3) is 0.571. The number of aromatic nitrogens is 1. The van der Waals surface area contributed by atoms with Crippen LogP contribution in [0.5, 0.6) is 0 Å². The molecule has 2 N–H and O–H groups in total. The molecule has 1 aliphatic carbocycles. The summed E-state index contributed by atoms with van der Waals surface area (Å²) in [6.45, 7) is 3.75. The van der Waals surface area contributed by atoms with Crippen molar-refractivity contribution in [1.29, 1.82) is 0 Å². The summed E-state index contributed by atoms with van der Waals surface area (Å²) in [5.41, 5.74) is 1.71. The average Bonchev–Trinajstić information content (AvgIpc) is 3.05. The number of nitrogens with zero attached hydrogens (tertiary/aromatic N) is 2. The van der Waals surface area contributed by atoms with Gasteiger partial charge in [0.2, 0.25) is 0 Å². The summed E-state index contributed by atoms with van der Waals surface area (Å²) in [6, 6.07) is 10.7. The number of aliphatic imine (C=N–C) groups is 1. The third-order valence-electron chi connectivity index (χ3n) is 5.65. The molecular formula is C21H33IN4O. The van der Waals surface area contributed by atoms with Crippen LogP contribution >= 0.6 is 24.0 Å². The number of halogens is 1. The summed E-state index contributed by atoms with van der Waals surface area (Å²) in [5.74, 6) is 0.908. The van der Waals surface area contributed by atoms with Gasteiger partial charge in [-0.05, 0) is 48.6 Å². The average molecular weight is 484 g/mol. The number of benzene rings is 1. The smallest absolute Gasteiger partial charge is 0.190 e. The van der Waals surface area contributed by atoms with E-state index in [1.54, 1.807) is 7.11 Å². The van der Waals surface area contributed by atoms with Gasteiger partial charge in [-0.1, -0.05) is 24.6 Å². The van der Waals surface area contributed by atoms with E-state index in [1.165, 1.54) is 30.2 Å². The molecule has 0 bridgehead atoms. The number of ether oxygens (including phenoxy) is 1. The summed E-state index contributed by atoms with van der Waals surface area (Å²) in [4.78, 5) is 4.37. The monoisotopic (exact) mass is 484 g/mol. The van der Waals surface area contributed by atoms with E-state index in [2.05, 4.69) is 56.7 Å². The van der Waals surface area contributed by atoms with E-state index in [0.29, 0.717) is 5.41 Å². The Balaban J connectivity index is 0.00000261. The number of fused-ring (bicyclic) bond motifs is 1. The summed E-state index contributed by atoms with van der Waals surface area (Å²) < 4.78 is 7.60. The maximum absolute atomic E-state index is 5.28. The molecule has 0 radical (unpaired) electrons. The maximum atomic E-state index is 5.28. The molecule has 1 aliphatic rings. The van der Waals surface area contributed by atoms with Crippen LogP contribution in [0.15, 0.2) is 41.5 Å². The van der Waals surface area contributed by atoms with Crippen LogP contribution in [0.3, 0.4) is 0 Å². The van der Waals surface area contributed by atoms with Gasteiger partial charge in [0.05, 0.1) is 0 Å². The van der Waals surface area contributed by atoms with Gasteiger partial charge in [0.25, 0.3) is 0 Å². The van der Waals surface area contributed by atoms with E-state index in [0.717, 1.165) is 45.0 Å². The van der Waals surface area contributed by atoms with Crippen molar-refractivity contribution in [1.82, 2.24) is 15.2 Å². The maximum Gasteiger partial charge on any atom is 0.190 e. The molecule has 150 valence electrons. The lowest BCUT2D eigenvalue weighted by Gasteiger charge is -2.42. The Bertz CT molecular complexity index is 724. The van der Waals surface area contributed by atoms with Crippen LogP contribution in [0.2, 0.25) is 0 Å². The van der Waals surface area contributed by atoms with Gasteiger partial charge in [0.1, 0.15) is 0 Å². The third-order valence-corrected chi connectivity index (χ3v) is 5.65. The number of rotatable bonds is 9. The van der Waals surface area contributed by atoms with Crippen LogP contribution in [0, 0.1) is 5.41 Å². The number of nitrogens with one attached hydrogen (secondary N) is 2. The normalized spacial score (nSPS) is 15.9. The molecule has 0 aliphatic heterocycles. The highest BCUT2D eigenvalue weighted by molar-refractivity contribution is 14.0. The van der Waals surface area contributed by atoms with E-state index in [9.17, 15) is 0 Å². The first-order valence-electron chi connectivity index (χ1n) is 9.74. The minimum Gasteiger partial charge on any atom is -0.385 e. The molecular weight excluding hydrogens is 451 g/mol. The summed E-state index contributed by atoms with van der Waals surface area (Å²) in [7, 11) is 3.63. The SMILES string of the molecule is CN=C(NCCCn1ccc2ccccc21)NCC1(CCOC)CCC1.I. The van der Waals surface area contributed by atoms with Crippen molar-refractivity contribution in [2.24, 2.45) is 10.4 Å². The second-order valence-electron chi connectivity index (χ2n) is 7.37. The Morgan fingerprint density at radius 1 is 1.22 bits per heavy atom. The summed E-state index contributed by atoms with van der Waals surface area (Å²) in [6.07, 6.45) is 8.29. The molecule has 1 aromatic carbocycles. The van der Waals surface area contributed by atoms with Crippen molar-refractivity contribution in [3.63, 3.8) is 0 Å². The molecule has 0 amide bonds. The first kappa shape index (κ1) is 22.0. The zero-order valence-electron chi connectivity index (χ0n) is 16.5. The van der Waals surface area contributed by atoms with Crippen molar-refractivity contribution < 1.29 is 4.74 Å². The molecule has 2 aromatic rings. The zero-order valence-corrected chi connectivity index (χ0v) is 18.9. The Morgan fingerprint density at radius 2 is 2.04 bits per heavy atom. The highest BCUT2D eigenvalue weighted by atomic mass is 127. The first-order valence-corrected chi connectivity index (χ1v) is 9.74. The summed E-state index contributed by atoms with van der Waals surface area (Å²) >= 11 is 0. The second-order valence-corrected chi connectivity index (χ2v) is 7.37. The molecule has 1 aromatic heterocycles. The van der Waals surface area contributed by atoms with Crippen LogP contribution in [-0.2, 0) is 11.3 Å².